The fourth-order valence-corrected chi connectivity index (χ4v) is 4.46. The molecule has 1 heterocycles. The zero-order chi connectivity index (χ0) is 26.0. The van der Waals surface area contributed by atoms with Crippen molar-refractivity contribution in [1.29, 1.82) is 0 Å². The molecule has 2 unspecified atom stereocenters. The van der Waals surface area contributed by atoms with E-state index in [1.807, 2.05) is 109 Å². The lowest BCUT2D eigenvalue weighted by Gasteiger charge is -2.29. The maximum atomic E-state index is 13.1. The van der Waals surface area contributed by atoms with Gasteiger partial charge in [-0.05, 0) is 78.0 Å². The van der Waals surface area contributed by atoms with Crippen LogP contribution < -0.4 is 0 Å². The van der Waals surface area contributed by atoms with Crippen LogP contribution in [0.25, 0.3) is 0 Å². The zero-order valence-electron chi connectivity index (χ0n) is 22.0. The van der Waals surface area contributed by atoms with E-state index in [9.17, 15) is 9.59 Å². The highest BCUT2D eigenvalue weighted by molar-refractivity contribution is 7.10. The normalized spacial score (nSPS) is 13.7. The van der Waals surface area contributed by atoms with Crippen LogP contribution in [0.3, 0.4) is 0 Å². The first kappa shape index (κ1) is 26.7. The van der Waals surface area contributed by atoms with E-state index in [0.29, 0.717) is 0 Å². The Morgan fingerprint density at radius 2 is 1.26 bits per heavy atom. The molecule has 4 nitrogen and oxygen atoms in total. The Kier molecular flexibility index (Phi) is 7.90. The highest BCUT2D eigenvalue weighted by Gasteiger charge is 2.34. The molecular formula is C30H36O4S. The molecular weight excluding hydrogens is 456 g/mol. The van der Waals surface area contributed by atoms with E-state index < -0.39 is 23.0 Å². The van der Waals surface area contributed by atoms with Gasteiger partial charge in [-0.1, -0.05) is 54.1 Å². The summed E-state index contributed by atoms with van der Waals surface area (Å²) in [4.78, 5) is 27.0. The molecule has 2 atom stereocenters. The van der Waals surface area contributed by atoms with Gasteiger partial charge in [0.1, 0.15) is 0 Å². The van der Waals surface area contributed by atoms with Crippen LogP contribution in [0, 0.1) is 24.7 Å². The van der Waals surface area contributed by atoms with Gasteiger partial charge in [0.15, 0.2) is 12.2 Å². The van der Waals surface area contributed by atoms with Gasteiger partial charge in [0.25, 0.3) is 0 Å². The number of carbonyl (C=O) groups is 2. The van der Waals surface area contributed by atoms with Crippen molar-refractivity contribution in [1.82, 2.24) is 0 Å². The predicted octanol–water partition coefficient (Wildman–Crippen LogP) is 7.72. The molecule has 3 aromatic rings. The Bertz CT molecular complexity index is 1180. The summed E-state index contributed by atoms with van der Waals surface area (Å²) in [6.45, 7) is 15.1. The lowest BCUT2D eigenvalue weighted by Crippen LogP contribution is -2.28. The summed E-state index contributed by atoms with van der Waals surface area (Å²) in [5.74, 6) is -0.586. The molecule has 186 valence electrons. The van der Waals surface area contributed by atoms with Gasteiger partial charge < -0.3 is 9.47 Å². The van der Waals surface area contributed by atoms with Crippen molar-refractivity contribution in [3.8, 4) is 0 Å². The van der Waals surface area contributed by atoms with Crippen LogP contribution in [0.5, 0.6) is 0 Å². The summed E-state index contributed by atoms with van der Waals surface area (Å²) in [6.07, 6.45) is -1.26. The van der Waals surface area contributed by atoms with Gasteiger partial charge in [-0.25, -0.2) is 0 Å². The van der Waals surface area contributed by atoms with Crippen LogP contribution in [0.15, 0.2) is 60.0 Å². The topological polar surface area (TPSA) is 52.6 Å². The van der Waals surface area contributed by atoms with Gasteiger partial charge in [0.2, 0.25) is 0 Å². The molecule has 1 aromatic heterocycles. The maximum absolute atomic E-state index is 13.1. The van der Waals surface area contributed by atoms with Gasteiger partial charge in [-0.15, -0.1) is 11.3 Å². The number of benzene rings is 2. The van der Waals surface area contributed by atoms with Crippen molar-refractivity contribution in [2.75, 3.05) is 0 Å². The Morgan fingerprint density at radius 3 is 1.74 bits per heavy atom. The van der Waals surface area contributed by atoms with Crippen LogP contribution in [-0.2, 0) is 19.1 Å². The van der Waals surface area contributed by atoms with Crippen LogP contribution >= 0.6 is 11.3 Å². The van der Waals surface area contributed by atoms with E-state index in [1.54, 1.807) is 0 Å². The van der Waals surface area contributed by atoms with E-state index >= 15 is 0 Å². The smallest absolute Gasteiger partial charge is 0.312 e. The van der Waals surface area contributed by atoms with Crippen molar-refractivity contribution in [3.05, 3.63) is 92.7 Å². The number of hydrogen-bond donors (Lipinski definition) is 0. The molecule has 0 fully saturated rings. The lowest BCUT2D eigenvalue weighted by molar-refractivity contribution is -0.158. The van der Waals surface area contributed by atoms with Gasteiger partial charge >= 0.3 is 11.9 Å². The minimum absolute atomic E-state index is 0.291. The Hall–Kier alpha value is -2.92. The first-order chi connectivity index (χ1) is 16.3. The number of esters is 2. The molecule has 35 heavy (non-hydrogen) atoms. The molecule has 0 radical (unpaired) electrons. The number of carbonyl (C=O) groups excluding carboxylic acids is 2. The Labute approximate surface area is 213 Å². The second-order valence-corrected chi connectivity index (χ2v) is 12.1. The predicted molar refractivity (Wildman–Crippen MR) is 141 cm³/mol. The number of hydrogen-bond acceptors (Lipinski definition) is 5. The third-order valence-electron chi connectivity index (χ3n) is 5.74. The summed E-state index contributed by atoms with van der Waals surface area (Å²) >= 11 is 1.53. The number of thiophene rings is 1. The average molecular weight is 493 g/mol. The molecule has 3 rings (SSSR count). The van der Waals surface area contributed by atoms with Crippen molar-refractivity contribution in [2.45, 2.75) is 67.6 Å². The Morgan fingerprint density at radius 1 is 0.714 bits per heavy atom. The van der Waals surface area contributed by atoms with Gasteiger partial charge in [-0.3, -0.25) is 9.59 Å². The third kappa shape index (κ3) is 6.40. The first-order valence-electron chi connectivity index (χ1n) is 11.9. The standard InChI is InChI=1S/C30H36O4S/c1-19-15-16-21(20(2)18-19)25(33-27(31)29(3,4)5)22-12-9-10-13-23(22)26(24-14-11-17-35-24)34-28(32)30(6,7)8/h9-18,25-26H,1-8H3. The van der Waals surface area contributed by atoms with Crippen molar-refractivity contribution < 1.29 is 19.1 Å². The van der Waals surface area contributed by atoms with E-state index in [2.05, 4.69) is 6.07 Å². The molecule has 0 amide bonds. The van der Waals surface area contributed by atoms with Crippen molar-refractivity contribution in [3.63, 3.8) is 0 Å². The number of rotatable bonds is 6. The summed E-state index contributed by atoms with van der Waals surface area (Å²) in [5, 5.41) is 1.97. The molecule has 0 saturated heterocycles. The number of ether oxygens (including phenoxy) is 2. The molecule has 2 aromatic carbocycles. The third-order valence-corrected chi connectivity index (χ3v) is 6.66. The van der Waals surface area contributed by atoms with Crippen LogP contribution in [0.2, 0.25) is 0 Å². The monoisotopic (exact) mass is 492 g/mol. The molecule has 0 saturated carbocycles. The fourth-order valence-electron chi connectivity index (χ4n) is 3.69. The molecule has 0 aliphatic carbocycles. The summed E-state index contributed by atoms with van der Waals surface area (Å²) in [6, 6.07) is 17.8. The second kappa shape index (κ2) is 10.4. The SMILES string of the molecule is Cc1ccc(C(OC(=O)C(C)(C)C)c2ccccc2C(OC(=O)C(C)(C)C)c2cccs2)c(C)c1. The van der Waals surface area contributed by atoms with Crippen LogP contribution in [-0.4, -0.2) is 11.9 Å². The Balaban J connectivity index is 2.19. The molecule has 0 N–H and O–H groups in total. The van der Waals surface area contributed by atoms with E-state index in [4.69, 9.17) is 9.47 Å². The minimum atomic E-state index is -0.669. The van der Waals surface area contributed by atoms with Gasteiger partial charge in [-0.2, -0.15) is 0 Å². The summed E-state index contributed by atoms with van der Waals surface area (Å²) in [5.41, 5.74) is 3.36. The average Bonchev–Trinajstić information content (AvgIpc) is 3.29. The van der Waals surface area contributed by atoms with Gasteiger partial charge in [0, 0.05) is 16.0 Å². The summed E-state index contributed by atoms with van der Waals surface area (Å²) in [7, 11) is 0. The molecule has 0 aliphatic rings. The van der Waals surface area contributed by atoms with E-state index in [-0.39, 0.29) is 11.9 Å². The molecule has 5 heteroatoms. The van der Waals surface area contributed by atoms with Gasteiger partial charge in [0.05, 0.1) is 10.8 Å². The van der Waals surface area contributed by atoms with Crippen molar-refractivity contribution in [2.24, 2.45) is 10.8 Å². The largest absolute Gasteiger partial charge is 0.452 e. The van der Waals surface area contributed by atoms with E-state index in [1.165, 1.54) is 11.3 Å². The number of aryl methyl sites for hydroxylation is 2. The lowest BCUT2D eigenvalue weighted by atomic mass is 9.89. The quantitative estimate of drug-likeness (QED) is 0.331. The van der Waals surface area contributed by atoms with Crippen LogP contribution in [0.4, 0.5) is 0 Å². The van der Waals surface area contributed by atoms with E-state index in [0.717, 1.165) is 32.7 Å². The maximum Gasteiger partial charge on any atom is 0.312 e. The highest BCUT2D eigenvalue weighted by Crippen LogP contribution is 2.40. The molecule has 0 bridgehead atoms. The van der Waals surface area contributed by atoms with Crippen molar-refractivity contribution >= 4 is 23.3 Å². The fraction of sp³-hybridized carbons (Fsp3) is 0.400. The molecule has 0 spiro atoms. The summed E-state index contributed by atoms with van der Waals surface area (Å²) < 4.78 is 12.3. The highest BCUT2D eigenvalue weighted by atomic mass is 32.1. The zero-order valence-corrected chi connectivity index (χ0v) is 22.8. The second-order valence-electron chi connectivity index (χ2n) is 11.1. The molecule has 0 aliphatic heterocycles. The first-order valence-corrected chi connectivity index (χ1v) is 12.8. The van der Waals surface area contributed by atoms with Crippen LogP contribution in [0.1, 0.15) is 86.4 Å². The minimum Gasteiger partial charge on any atom is -0.452 e.